The van der Waals surface area contributed by atoms with E-state index in [4.69, 9.17) is 0 Å². The van der Waals surface area contributed by atoms with Crippen LogP contribution < -0.4 is 0 Å². The number of hydrogen-bond acceptors (Lipinski definition) is 2. The molecule has 0 unspecified atom stereocenters. The Labute approximate surface area is 88.4 Å². The number of rotatable bonds is 2. The molecule has 3 nitrogen and oxygen atoms in total. The van der Waals surface area contributed by atoms with Crippen LogP contribution in [-0.4, -0.2) is 15.5 Å². The van der Waals surface area contributed by atoms with Crippen molar-refractivity contribution in [3.63, 3.8) is 0 Å². The lowest BCUT2D eigenvalue weighted by atomic mass is 10.1. The Kier molecular flexibility index (Phi) is 2.63. The third kappa shape index (κ3) is 2.31. The summed E-state index contributed by atoms with van der Waals surface area (Å²) in [5, 5.41) is 0. The molecule has 0 spiro atoms. The number of aryl methyl sites for hydroxylation is 1. The molecule has 1 heterocycles. The quantitative estimate of drug-likeness (QED) is 0.743. The molecule has 1 aromatic carbocycles. The van der Waals surface area contributed by atoms with Crippen molar-refractivity contribution in [3.05, 3.63) is 54.1 Å². The summed E-state index contributed by atoms with van der Waals surface area (Å²) in [5.41, 5.74) is 2.23. The Morgan fingerprint density at radius 3 is 2.67 bits per heavy atom. The predicted molar refractivity (Wildman–Crippen MR) is 57.7 cm³/mol. The summed E-state index contributed by atoms with van der Waals surface area (Å²) in [6.07, 6.45) is 5.21. The molecule has 2 rings (SSSR count). The highest BCUT2D eigenvalue weighted by molar-refractivity contribution is 5.80. The van der Waals surface area contributed by atoms with Crippen LogP contribution in [0.2, 0.25) is 0 Å². The zero-order chi connectivity index (χ0) is 10.7. The van der Waals surface area contributed by atoms with Crippen LogP contribution in [-0.2, 0) is 6.42 Å². The lowest BCUT2D eigenvalue weighted by Crippen LogP contribution is -2.11. The Morgan fingerprint density at radius 1 is 1.33 bits per heavy atom. The van der Waals surface area contributed by atoms with E-state index in [0.29, 0.717) is 6.42 Å². The molecular formula is C12H12N2O. The minimum Gasteiger partial charge on any atom is -0.276 e. The molecule has 0 amide bonds. The van der Waals surface area contributed by atoms with Crippen LogP contribution in [0.1, 0.15) is 15.9 Å². The third-order valence-electron chi connectivity index (χ3n) is 2.27. The molecule has 0 aliphatic carbocycles. The van der Waals surface area contributed by atoms with Gasteiger partial charge in [-0.05, 0) is 12.5 Å². The van der Waals surface area contributed by atoms with Crippen LogP contribution >= 0.6 is 0 Å². The summed E-state index contributed by atoms with van der Waals surface area (Å²) in [6.45, 7) is 2.03. The molecule has 0 bridgehead atoms. The second-order valence-corrected chi connectivity index (χ2v) is 3.53. The van der Waals surface area contributed by atoms with Crippen molar-refractivity contribution in [2.24, 2.45) is 0 Å². The first-order valence-corrected chi connectivity index (χ1v) is 4.82. The van der Waals surface area contributed by atoms with Gasteiger partial charge in [-0.3, -0.25) is 9.36 Å². The fraction of sp³-hybridized carbons (Fsp3) is 0.167. The van der Waals surface area contributed by atoms with Crippen molar-refractivity contribution in [2.75, 3.05) is 0 Å². The maximum atomic E-state index is 11.7. The van der Waals surface area contributed by atoms with E-state index >= 15 is 0 Å². The van der Waals surface area contributed by atoms with Crippen molar-refractivity contribution >= 4 is 5.91 Å². The predicted octanol–water partition coefficient (Wildman–Crippen LogP) is 2.07. The largest absolute Gasteiger partial charge is 0.276 e. The number of imidazole rings is 1. The highest BCUT2D eigenvalue weighted by Crippen LogP contribution is 2.05. The summed E-state index contributed by atoms with van der Waals surface area (Å²) in [6, 6.07) is 7.97. The molecule has 0 saturated heterocycles. The van der Waals surface area contributed by atoms with E-state index in [0.717, 1.165) is 5.56 Å². The number of nitrogens with zero attached hydrogens (tertiary/aromatic N) is 2. The van der Waals surface area contributed by atoms with E-state index in [9.17, 15) is 4.79 Å². The third-order valence-corrected chi connectivity index (χ3v) is 2.27. The van der Waals surface area contributed by atoms with E-state index in [2.05, 4.69) is 4.98 Å². The van der Waals surface area contributed by atoms with Gasteiger partial charge in [0.2, 0.25) is 5.91 Å². The molecule has 0 N–H and O–H groups in total. The first-order valence-electron chi connectivity index (χ1n) is 4.82. The van der Waals surface area contributed by atoms with Gasteiger partial charge in [0.25, 0.3) is 0 Å². The zero-order valence-electron chi connectivity index (χ0n) is 8.55. The fourth-order valence-electron chi connectivity index (χ4n) is 1.38. The molecule has 0 radical (unpaired) electrons. The molecule has 0 aliphatic rings. The lowest BCUT2D eigenvalue weighted by Gasteiger charge is -2.01. The van der Waals surface area contributed by atoms with Gasteiger partial charge in [0.1, 0.15) is 6.33 Å². The van der Waals surface area contributed by atoms with Crippen LogP contribution in [0.3, 0.4) is 0 Å². The van der Waals surface area contributed by atoms with Gasteiger partial charge in [-0.1, -0.05) is 29.8 Å². The Bertz CT molecular complexity index is 443. The standard InChI is InChI=1S/C12H12N2O/c1-10-2-4-11(5-3-10)8-12(15)14-7-6-13-9-14/h2-7,9H,8H2,1H3. The molecule has 0 fully saturated rings. The van der Waals surface area contributed by atoms with Gasteiger partial charge < -0.3 is 0 Å². The smallest absolute Gasteiger partial charge is 0.236 e. The van der Waals surface area contributed by atoms with E-state index in [1.807, 2.05) is 31.2 Å². The van der Waals surface area contributed by atoms with Gasteiger partial charge in [0.15, 0.2) is 0 Å². The Balaban J connectivity index is 2.09. The second kappa shape index (κ2) is 4.09. The van der Waals surface area contributed by atoms with Crippen molar-refractivity contribution < 1.29 is 4.79 Å². The average Bonchev–Trinajstić information content (AvgIpc) is 2.74. The highest BCUT2D eigenvalue weighted by Gasteiger charge is 2.04. The number of benzene rings is 1. The first-order chi connectivity index (χ1) is 7.25. The van der Waals surface area contributed by atoms with Gasteiger partial charge in [-0.15, -0.1) is 0 Å². The summed E-state index contributed by atoms with van der Waals surface area (Å²) in [5.74, 6) is 0.0383. The average molecular weight is 200 g/mol. The monoisotopic (exact) mass is 200 g/mol. The summed E-state index contributed by atoms with van der Waals surface area (Å²) >= 11 is 0. The molecule has 3 heteroatoms. The van der Waals surface area contributed by atoms with E-state index in [1.54, 1.807) is 12.4 Å². The number of carbonyl (C=O) groups is 1. The maximum absolute atomic E-state index is 11.7. The van der Waals surface area contributed by atoms with Gasteiger partial charge in [0, 0.05) is 12.4 Å². The molecule has 0 atom stereocenters. The number of hydrogen-bond donors (Lipinski definition) is 0. The lowest BCUT2D eigenvalue weighted by molar-refractivity contribution is 0.0914. The zero-order valence-corrected chi connectivity index (χ0v) is 8.55. The van der Waals surface area contributed by atoms with Gasteiger partial charge in [0.05, 0.1) is 6.42 Å². The number of carbonyl (C=O) groups excluding carboxylic acids is 1. The second-order valence-electron chi connectivity index (χ2n) is 3.53. The molecule has 0 saturated carbocycles. The van der Waals surface area contributed by atoms with Crippen LogP contribution in [0.5, 0.6) is 0 Å². The molecule has 2 aromatic rings. The summed E-state index contributed by atoms with van der Waals surface area (Å²) in [4.78, 5) is 15.5. The van der Waals surface area contributed by atoms with Crippen LogP contribution in [0, 0.1) is 6.92 Å². The van der Waals surface area contributed by atoms with Gasteiger partial charge in [-0.25, -0.2) is 4.98 Å². The SMILES string of the molecule is Cc1ccc(CC(=O)n2ccnc2)cc1. The van der Waals surface area contributed by atoms with Crippen LogP contribution in [0.25, 0.3) is 0 Å². The van der Waals surface area contributed by atoms with Crippen molar-refractivity contribution in [1.82, 2.24) is 9.55 Å². The molecule has 76 valence electrons. The molecule has 1 aromatic heterocycles. The van der Waals surface area contributed by atoms with Gasteiger partial charge in [-0.2, -0.15) is 0 Å². The molecular weight excluding hydrogens is 188 g/mol. The topological polar surface area (TPSA) is 34.9 Å². The van der Waals surface area contributed by atoms with Crippen LogP contribution in [0.4, 0.5) is 0 Å². The van der Waals surface area contributed by atoms with E-state index in [-0.39, 0.29) is 5.91 Å². The maximum Gasteiger partial charge on any atom is 0.236 e. The first kappa shape index (κ1) is 9.65. The highest BCUT2D eigenvalue weighted by atomic mass is 16.2. The Hall–Kier alpha value is -1.90. The summed E-state index contributed by atoms with van der Waals surface area (Å²) < 4.78 is 1.50. The van der Waals surface area contributed by atoms with Crippen molar-refractivity contribution in [2.45, 2.75) is 13.3 Å². The Morgan fingerprint density at radius 2 is 2.07 bits per heavy atom. The van der Waals surface area contributed by atoms with Crippen LogP contribution in [0.15, 0.2) is 43.0 Å². The minimum atomic E-state index is 0.0383. The fourth-order valence-corrected chi connectivity index (χ4v) is 1.38. The minimum absolute atomic E-state index is 0.0383. The van der Waals surface area contributed by atoms with Gasteiger partial charge >= 0.3 is 0 Å². The van der Waals surface area contributed by atoms with Crippen molar-refractivity contribution in [3.8, 4) is 0 Å². The number of aromatic nitrogens is 2. The summed E-state index contributed by atoms with van der Waals surface area (Å²) in [7, 11) is 0. The normalized spacial score (nSPS) is 10.2. The van der Waals surface area contributed by atoms with E-state index < -0.39 is 0 Å². The van der Waals surface area contributed by atoms with E-state index in [1.165, 1.54) is 16.5 Å². The molecule has 15 heavy (non-hydrogen) atoms. The van der Waals surface area contributed by atoms with Crippen molar-refractivity contribution in [1.29, 1.82) is 0 Å². The molecule has 0 aliphatic heterocycles.